The molecule has 0 saturated heterocycles. The first kappa shape index (κ1) is 15.0. The molecule has 0 unspecified atom stereocenters. The quantitative estimate of drug-likeness (QED) is 0.476. The van der Waals surface area contributed by atoms with Crippen LogP contribution in [0.4, 0.5) is 0 Å². The van der Waals surface area contributed by atoms with Gasteiger partial charge in [0.2, 0.25) is 0 Å². The van der Waals surface area contributed by atoms with Crippen molar-refractivity contribution >= 4 is 34.2 Å². The normalized spacial score (nSPS) is 26.8. The van der Waals surface area contributed by atoms with Crippen molar-refractivity contribution in [3.63, 3.8) is 0 Å². The molecular weight excluding hydrogens is 383 g/mol. The topological polar surface area (TPSA) is 25.8 Å². The van der Waals surface area contributed by atoms with Gasteiger partial charge in [-0.1, -0.05) is 31.4 Å². The molecule has 2 fully saturated rings. The van der Waals surface area contributed by atoms with Crippen LogP contribution >= 0.6 is 34.2 Å². The van der Waals surface area contributed by atoms with Gasteiger partial charge in [-0.2, -0.15) is 0 Å². The fourth-order valence-corrected chi connectivity index (χ4v) is 4.25. The molecule has 1 aromatic heterocycles. The van der Waals surface area contributed by atoms with Gasteiger partial charge in [0.05, 0.1) is 9.26 Å². The molecule has 1 heterocycles. The summed E-state index contributed by atoms with van der Waals surface area (Å²) in [7, 11) is 0. The Bertz CT molecular complexity index is 480. The number of nitrogens with zero attached hydrogens (tertiary/aromatic N) is 2. The van der Waals surface area contributed by atoms with Crippen LogP contribution in [-0.4, -0.2) is 9.97 Å². The van der Waals surface area contributed by atoms with E-state index in [1.807, 2.05) is 0 Å². The minimum atomic E-state index is 0.537. The third-order valence-electron chi connectivity index (χ3n) is 4.73. The molecule has 4 heteroatoms. The summed E-state index contributed by atoms with van der Waals surface area (Å²) in [5.74, 6) is 3.14. The van der Waals surface area contributed by atoms with Gasteiger partial charge in [0.15, 0.2) is 0 Å². The molecule has 2 aliphatic carbocycles. The zero-order valence-electron chi connectivity index (χ0n) is 12.0. The Morgan fingerprint density at radius 3 is 2.30 bits per heavy atom. The molecule has 2 saturated carbocycles. The van der Waals surface area contributed by atoms with Crippen molar-refractivity contribution in [3.05, 3.63) is 20.2 Å². The van der Waals surface area contributed by atoms with Gasteiger partial charge in [0.1, 0.15) is 11.0 Å². The van der Waals surface area contributed by atoms with Crippen molar-refractivity contribution in [3.8, 4) is 0 Å². The molecule has 0 atom stereocenters. The monoisotopic (exact) mass is 404 g/mol. The molecule has 0 amide bonds. The molecule has 2 nitrogen and oxygen atoms in total. The van der Waals surface area contributed by atoms with E-state index in [1.165, 1.54) is 57.1 Å². The number of halogens is 2. The predicted molar refractivity (Wildman–Crippen MR) is 91.3 cm³/mol. The maximum atomic E-state index is 6.33. The summed E-state index contributed by atoms with van der Waals surface area (Å²) in [6.07, 6.45) is 10.4. The highest BCUT2D eigenvalue weighted by Gasteiger charge is 2.31. The van der Waals surface area contributed by atoms with Gasteiger partial charge in [0, 0.05) is 11.8 Å². The fourth-order valence-electron chi connectivity index (χ4n) is 3.38. The summed E-state index contributed by atoms with van der Waals surface area (Å²) >= 11 is 8.63. The average Bonchev–Trinajstić information content (AvgIpc) is 3.27. The molecule has 1 aromatic rings. The molecule has 0 bridgehead atoms. The summed E-state index contributed by atoms with van der Waals surface area (Å²) in [6.45, 7) is 2.29. The van der Waals surface area contributed by atoms with Crippen LogP contribution in [0.1, 0.15) is 81.6 Å². The van der Waals surface area contributed by atoms with E-state index in [1.54, 1.807) is 0 Å². The second-order valence-electron chi connectivity index (χ2n) is 6.35. The van der Waals surface area contributed by atoms with Crippen LogP contribution in [0.3, 0.4) is 0 Å². The van der Waals surface area contributed by atoms with Gasteiger partial charge in [0.25, 0.3) is 0 Å². The van der Waals surface area contributed by atoms with Crippen molar-refractivity contribution in [2.45, 2.75) is 70.1 Å². The summed E-state index contributed by atoms with van der Waals surface area (Å²) in [6, 6.07) is 0. The smallest absolute Gasteiger partial charge is 0.146 e. The van der Waals surface area contributed by atoms with Gasteiger partial charge in [-0.05, 0) is 67.0 Å². The van der Waals surface area contributed by atoms with Gasteiger partial charge >= 0.3 is 0 Å². The van der Waals surface area contributed by atoms with Gasteiger partial charge in [-0.3, -0.25) is 0 Å². The number of rotatable bonds is 4. The molecule has 3 rings (SSSR count). The van der Waals surface area contributed by atoms with Crippen LogP contribution in [0.15, 0.2) is 0 Å². The molecule has 0 aromatic carbocycles. The number of hydrogen-bond acceptors (Lipinski definition) is 2. The highest BCUT2D eigenvalue weighted by molar-refractivity contribution is 14.1. The minimum Gasteiger partial charge on any atom is -0.236 e. The van der Waals surface area contributed by atoms with E-state index in [0.29, 0.717) is 17.0 Å². The molecule has 0 N–H and O–H groups in total. The lowest BCUT2D eigenvalue weighted by molar-refractivity contribution is 0.302. The number of hydrogen-bond donors (Lipinski definition) is 0. The standard InChI is InChI=1S/C16H22ClIN2/c1-2-3-10-4-6-12(7-5-10)16-19-14(11-8-9-11)13(18)15(17)20-16/h10-12H,2-9H2,1H3. The lowest BCUT2D eigenvalue weighted by atomic mass is 9.80. The molecule has 0 spiro atoms. The zero-order chi connectivity index (χ0) is 14.1. The van der Waals surface area contributed by atoms with Crippen LogP contribution in [0.25, 0.3) is 0 Å². The Morgan fingerprint density at radius 1 is 1.05 bits per heavy atom. The molecule has 20 heavy (non-hydrogen) atoms. The van der Waals surface area contributed by atoms with Crippen LogP contribution in [0.2, 0.25) is 5.15 Å². The SMILES string of the molecule is CCCC1CCC(c2nc(Cl)c(I)c(C3CC3)n2)CC1. The predicted octanol–water partition coefficient (Wildman–Crippen LogP) is 5.69. The Morgan fingerprint density at radius 2 is 1.70 bits per heavy atom. The third kappa shape index (κ3) is 3.29. The van der Waals surface area contributed by atoms with E-state index in [9.17, 15) is 0 Å². The Kier molecular flexibility index (Phi) is 4.86. The average molecular weight is 405 g/mol. The number of aromatic nitrogens is 2. The van der Waals surface area contributed by atoms with Gasteiger partial charge in [-0.25, -0.2) is 9.97 Å². The first-order valence-corrected chi connectivity index (χ1v) is 9.37. The Hall–Kier alpha value is 0.1000. The van der Waals surface area contributed by atoms with Crippen molar-refractivity contribution in [1.29, 1.82) is 0 Å². The van der Waals surface area contributed by atoms with Crippen molar-refractivity contribution in [2.75, 3.05) is 0 Å². The highest BCUT2D eigenvalue weighted by atomic mass is 127. The first-order chi connectivity index (χ1) is 9.69. The first-order valence-electron chi connectivity index (χ1n) is 7.91. The largest absolute Gasteiger partial charge is 0.236 e. The maximum absolute atomic E-state index is 6.33. The van der Waals surface area contributed by atoms with Crippen molar-refractivity contribution in [2.24, 2.45) is 5.92 Å². The van der Waals surface area contributed by atoms with Crippen LogP contribution in [-0.2, 0) is 0 Å². The third-order valence-corrected chi connectivity index (χ3v) is 6.38. The summed E-state index contributed by atoms with van der Waals surface area (Å²) in [5, 5.41) is 0.674. The highest BCUT2D eigenvalue weighted by Crippen LogP contribution is 2.43. The van der Waals surface area contributed by atoms with E-state index in [0.717, 1.165) is 15.3 Å². The molecule has 110 valence electrons. The molecule has 0 aliphatic heterocycles. The second-order valence-corrected chi connectivity index (χ2v) is 7.79. The fraction of sp³-hybridized carbons (Fsp3) is 0.750. The lowest BCUT2D eigenvalue weighted by Crippen LogP contribution is -2.16. The molecule has 0 radical (unpaired) electrons. The zero-order valence-corrected chi connectivity index (χ0v) is 15.0. The van der Waals surface area contributed by atoms with Crippen LogP contribution in [0, 0.1) is 9.49 Å². The van der Waals surface area contributed by atoms with E-state index in [2.05, 4.69) is 34.5 Å². The lowest BCUT2D eigenvalue weighted by Gasteiger charge is -2.27. The summed E-state index contributed by atoms with van der Waals surface area (Å²) < 4.78 is 1.08. The van der Waals surface area contributed by atoms with Gasteiger partial charge in [-0.15, -0.1) is 0 Å². The Labute approximate surface area is 140 Å². The van der Waals surface area contributed by atoms with Crippen LogP contribution < -0.4 is 0 Å². The molecule has 2 aliphatic rings. The summed E-state index contributed by atoms with van der Waals surface area (Å²) in [4.78, 5) is 9.47. The second kappa shape index (κ2) is 6.47. The van der Waals surface area contributed by atoms with Crippen LogP contribution in [0.5, 0.6) is 0 Å². The Balaban J connectivity index is 1.74. The van der Waals surface area contributed by atoms with E-state index in [4.69, 9.17) is 16.6 Å². The summed E-state index contributed by atoms with van der Waals surface area (Å²) in [5.41, 5.74) is 1.22. The van der Waals surface area contributed by atoms with E-state index >= 15 is 0 Å². The van der Waals surface area contributed by atoms with E-state index < -0.39 is 0 Å². The molecular formula is C16H22ClIN2. The maximum Gasteiger partial charge on any atom is 0.146 e. The van der Waals surface area contributed by atoms with E-state index in [-0.39, 0.29) is 0 Å². The van der Waals surface area contributed by atoms with Gasteiger partial charge < -0.3 is 0 Å². The minimum absolute atomic E-state index is 0.537. The van der Waals surface area contributed by atoms with Crippen molar-refractivity contribution < 1.29 is 0 Å². The van der Waals surface area contributed by atoms with Crippen molar-refractivity contribution in [1.82, 2.24) is 9.97 Å².